The van der Waals surface area contributed by atoms with E-state index in [1.807, 2.05) is 30.3 Å². The number of halogens is 1. The smallest absolute Gasteiger partial charge is 0.266 e. The molecule has 1 aromatic carbocycles. The van der Waals surface area contributed by atoms with Crippen LogP contribution < -0.4 is 15.0 Å². The van der Waals surface area contributed by atoms with Gasteiger partial charge in [0.2, 0.25) is 5.91 Å². The van der Waals surface area contributed by atoms with Gasteiger partial charge in [0.1, 0.15) is 11.1 Å². The van der Waals surface area contributed by atoms with Gasteiger partial charge in [0.05, 0.1) is 0 Å². The van der Waals surface area contributed by atoms with Crippen LogP contribution in [0.5, 0.6) is 5.75 Å². The molecule has 0 saturated carbocycles. The Labute approximate surface area is 148 Å². The third kappa shape index (κ3) is 3.91. The molecular weight excluding hydrogens is 374 g/mol. The van der Waals surface area contributed by atoms with E-state index in [0.717, 1.165) is 12.0 Å². The number of carbonyl (C=O) groups is 2. The molecule has 6 nitrogen and oxygen atoms in total. The summed E-state index contributed by atoms with van der Waals surface area (Å²) < 4.78 is 5.91. The Morgan fingerprint density at radius 3 is 2.83 bits per heavy atom. The maximum Gasteiger partial charge on any atom is 0.266 e. The number of nitrogens with one attached hydrogen (secondary N) is 1. The molecular formula is C17H16BrN3O3. The molecule has 124 valence electrons. The first-order valence-corrected chi connectivity index (χ1v) is 8.33. The normalized spacial score (nSPS) is 13.2. The molecule has 3 rings (SSSR count). The summed E-state index contributed by atoms with van der Waals surface area (Å²) >= 11 is 3.27. The van der Waals surface area contributed by atoms with Gasteiger partial charge in [-0.3, -0.25) is 14.5 Å². The molecule has 1 aliphatic heterocycles. The zero-order chi connectivity index (χ0) is 16.9. The van der Waals surface area contributed by atoms with Gasteiger partial charge in [-0.2, -0.15) is 0 Å². The number of anilines is 1. The van der Waals surface area contributed by atoms with Crippen LogP contribution in [-0.4, -0.2) is 36.5 Å². The van der Waals surface area contributed by atoms with Gasteiger partial charge in [-0.1, -0.05) is 30.3 Å². The summed E-state index contributed by atoms with van der Waals surface area (Å²) in [4.78, 5) is 29.8. The van der Waals surface area contributed by atoms with Crippen molar-refractivity contribution in [2.45, 2.75) is 6.42 Å². The van der Waals surface area contributed by atoms with Crippen LogP contribution in [0.2, 0.25) is 0 Å². The number of nitrogens with zero attached hydrogens (tertiary/aromatic N) is 2. The minimum Gasteiger partial charge on any atom is -0.480 e. The number of amides is 2. The van der Waals surface area contributed by atoms with Crippen molar-refractivity contribution in [3.8, 4) is 5.75 Å². The standard InChI is InChI=1S/C17H16BrN3O3/c18-14-7-6-13-17(20-14)21(16(23)11-24-13)10-15(22)19-9-8-12-4-2-1-3-5-12/h1-7H,8-11H2,(H,19,22). The number of rotatable bonds is 5. The Bertz CT molecular complexity index is 752. The lowest BCUT2D eigenvalue weighted by molar-refractivity contribution is -0.125. The fraction of sp³-hybridized carbons (Fsp3) is 0.235. The highest BCUT2D eigenvalue weighted by molar-refractivity contribution is 9.10. The zero-order valence-electron chi connectivity index (χ0n) is 12.9. The van der Waals surface area contributed by atoms with Gasteiger partial charge in [-0.15, -0.1) is 0 Å². The van der Waals surface area contributed by atoms with E-state index >= 15 is 0 Å². The molecule has 2 heterocycles. The highest BCUT2D eigenvalue weighted by Crippen LogP contribution is 2.31. The van der Waals surface area contributed by atoms with Crippen LogP contribution in [0.3, 0.4) is 0 Å². The maximum atomic E-state index is 12.2. The van der Waals surface area contributed by atoms with E-state index < -0.39 is 0 Å². The van der Waals surface area contributed by atoms with Gasteiger partial charge in [-0.05, 0) is 40.0 Å². The average molecular weight is 390 g/mol. The SMILES string of the molecule is O=C(CN1C(=O)COc2ccc(Br)nc21)NCCc1ccccc1. The second kappa shape index (κ2) is 7.44. The van der Waals surface area contributed by atoms with Gasteiger partial charge in [0, 0.05) is 6.54 Å². The molecule has 0 radical (unpaired) electrons. The minimum absolute atomic E-state index is 0.0760. The lowest BCUT2D eigenvalue weighted by atomic mass is 10.1. The van der Waals surface area contributed by atoms with Crippen molar-refractivity contribution in [1.82, 2.24) is 10.3 Å². The van der Waals surface area contributed by atoms with Crippen LogP contribution in [-0.2, 0) is 16.0 Å². The molecule has 0 spiro atoms. The molecule has 1 aromatic heterocycles. The Morgan fingerprint density at radius 1 is 1.25 bits per heavy atom. The predicted octanol–water partition coefficient (Wildman–Crippen LogP) is 1.93. The minimum atomic E-state index is -0.286. The lowest BCUT2D eigenvalue weighted by Crippen LogP contribution is -2.45. The Kier molecular flexibility index (Phi) is 5.10. The van der Waals surface area contributed by atoms with Crippen molar-refractivity contribution >= 4 is 33.6 Å². The van der Waals surface area contributed by atoms with Crippen molar-refractivity contribution in [3.05, 3.63) is 52.6 Å². The van der Waals surface area contributed by atoms with Crippen LogP contribution >= 0.6 is 15.9 Å². The van der Waals surface area contributed by atoms with Crippen molar-refractivity contribution in [2.75, 3.05) is 24.6 Å². The second-order valence-electron chi connectivity index (χ2n) is 5.31. The molecule has 0 saturated heterocycles. The van der Waals surface area contributed by atoms with E-state index in [9.17, 15) is 9.59 Å². The summed E-state index contributed by atoms with van der Waals surface area (Å²) in [5.74, 6) is 0.342. The first-order valence-electron chi connectivity index (χ1n) is 7.54. The molecule has 0 bridgehead atoms. The number of benzene rings is 1. The monoisotopic (exact) mass is 389 g/mol. The topological polar surface area (TPSA) is 71.5 Å². The summed E-state index contributed by atoms with van der Waals surface area (Å²) in [5.41, 5.74) is 1.15. The third-order valence-corrected chi connectivity index (χ3v) is 4.04. The van der Waals surface area contributed by atoms with Crippen LogP contribution in [0.1, 0.15) is 5.56 Å². The Hall–Kier alpha value is -2.41. The Balaban J connectivity index is 1.60. The van der Waals surface area contributed by atoms with Gasteiger partial charge in [0.15, 0.2) is 18.2 Å². The first kappa shape index (κ1) is 16.4. The molecule has 1 aliphatic rings. The molecule has 0 unspecified atom stereocenters. The van der Waals surface area contributed by atoms with Gasteiger partial charge < -0.3 is 10.1 Å². The molecule has 0 atom stereocenters. The first-order chi connectivity index (χ1) is 11.6. The largest absolute Gasteiger partial charge is 0.480 e. The number of pyridine rings is 1. The summed E-state index contributed by atoms with van der Waals surface area (Å²) in [5, 5.41) is 2.83. The summed E-state index contributed by atoms with van der Waals surface area (Å²) in [7, 11) is 0. The second-order valence-corrected chi connectivity index (χ2v) is 6.12. The van der Waals surface area contributed by atoms with Crippen LogP contribution in [0.15, 0.2) is 47.1 Å². The highest BCUT2D eigenvalue weighted by atomic mass is 79.9. The fourth-order valence-electron chi connectivity index (χ4n) is 2.41. The maximum absolute atomic E-state index is 12.2. The van der Waals surface area contributed by atoms with E-state index in [2.05, 4.69) is 26.2 Å². The zero-order valence-corrected chi connectivity index (χ0v) is 14.5. The third-order valence-electron chi connectivity index (χ3n) is 3.59. The van der Waals surface area contributed by atoms with Gasteiger partial charge >= 0.3 is 0 Å². The molecule has 0 aliphatic carbocycles. The molecule has 2 aromatic rings. The van der Waals surface area contributed by atoms with E-state index in [4.69, 9.17) is 4.74 Å². The summed E-state index contributed by atoms with van der Waals surface area (Å²) in [6.45, 7) is 0.348. The van der Waals surface area contributed by atoms with Crippen LogP contribution in [0, 0.1) is 0 Å². The average Bonchev–Trinajstić information content (AvgIpc) is 2.58. The van der Waals surface area contributed by atoms with Crippen molar-refractivity contribution < 1.29 is 14.3 Å². The quantitative estimate of drug-likeness (QED) is 0.793. The van der Waals surface area contributed by atoms with Crippen molar-refractivity contribution in [1.29, 1.82) is 0 Å². The molecule has 24 heavy (non-hydrogen) atoms. The van der Waals surface area contributed by atoms with Crippen LogP contribution in [0.4, 0.5) is 5.82 Å². The fourth-order valence-corrected chi connectivity index (χ4v) is 2.71. The van der Waals surface area contributed by atoms with E-state index in [-0.39, 0.29) is 25.0 Å². The highest BCUT2D eigenvalue weighted by Gasteiger charge is 2.28. The molecule has 0 fully saturated rings. The molecule has 1 N–H and O–H groups in total. The summed E-state index contributed by atoms with van der Waals surface area (Å²) in [6, 6.07) is 13.3. The van der Waals surface area contributed by atoms with Crippen molar-refractivity contribution in [2.24, 2.45) is 0 Å². The number of aromatic nitrogens is 1. The number of carbonyl (C=O) groups excluding carboxylic acids is 2. The predicted molar refractivity (Wildman–Crippen MR) is 92.9 cm³/mol. The van der Waals surface area contributed by atoms with Crippen LogP contribution in [0.25, 0.3) is 0 Å². The molecule has 2 amide bonds. The van der Waals surface area contributed by atoms with Gasteiger partial charge in [0.25, 0.3) is 5.91 Å². The number of fused-ring (bicyclic) bond motifs is 1. The van der Waals surface area contributed by atoms with Gasteiger partial charge in [-0.25, -0.2) is 4.98 Å². The molecule has 7 heteroatoms. The Morgan fingerprint density at radius 2 is 2.04 bits per heavy atom. The number of hydrogen-bond acceptors (Lipinski definition) is 4. The number of ether oxygens (including phenoxy) is 1. The summed E-state index contributed by atoms with van der Waals surface area (Å²) in [6.07, 6.45) is 0.740. The lowest BCUT2D eigenvalue weighted by Gasteiger charge is -2.27. The van der Waals surface area contributed by atoms with E-state index in [0.29, 0.717) is 22.7 Å². The number of hydrogen-bond donors (Lipinski definition) is 1. The van der Waals surface area contributed by atoms with E-state index in [1.54, 1.807) is 12.1 Å². The van der Waals surface area contributed by atoms with E-state index in [1.165, 1.54) is 4.90 Å². The van der Waals surface area contributed by atoms with Crippen molar-refractivity contribution in [3.63, 3.8) is 0 Å².